The molecule has 0 aromatic carbocycles. The van der Waals surface area contributed by atoms with Gasteiger partial charge in [0.25, 0.3) is 0 Å². The first-order valence-electron chi connectivity index (χ1n) is 5.91. The van der Waals surface area contributed by atoms with E-state index in [1.165, 1.54) is 0 Å². The van der Waals surface area contributed by atoms with Crippen LogP contribution in [0.1, 0.15) is 29.9 Å². The summed E-state index contributed by atoms with van der Waals surface area (Å²) in [7, 11) is 0. The van der Waals surface area contributed by atoms with Gasteiger partial charge in [-0.15, -0.1) is 11.3 Å². The average molecular weight is 250 g/mol. The molecule has 0 saturated heterocycles. The smallest absolute Gasteiger partial charge is 0.123 e. The first-order valence-corrected chi connectivity index (χ1v) is 6.79. The van der Waals surface area contributed by atoms with E-state index in [9.17, 15) is 0 Å². The van der Waals surface area contributed by atoms with E-state index in [1.54, 1.807) is 11.3 Å². The predicted molar refractivity (Wildman–Crippen MR) is 70.2 cm³/mol. The van der Waals surface area contributed by atoms with Gasteiger partial charge in [0.05, 0.1) is 23.8 Å². The molecule has 0 saturated carbocycles. The van der Waals surface area contributed by atoms with Gasteiger partial charge in [-0.05, 0) is 19.9 Å². The molecule has 0 fully saturated rings. The van der Waals surface area contributed by atoms with Crippen molar-refractivity contribution in [2.24, 2.45) is 0 Å². The number of thiazole rings is 1. The molecule has 4 nitrogen and oxygen atoms in total. The molecular formula is C12H18N4S. The van der Waals surface area contributed by atoms with Crippen LogP contribution in [0.2, 0.25) is 0 Å². The van der Waals surface area contributed by atoms with E-state index in [4.69, 9.17) is 0 Å². The first kappa shape index (κ1) is 12.3. The molecule has 0 unspecified atom stereocenters. The number of aryl methyl sites for hydroxylation is 1. The van der Waals surface area contributed by atoms with Gasteiger partial charge in [-0.25, -0.2) is 9.97 Å². The molecule has 2 aromatic heterocycles. The summed E-state index contributed by atoms with van der Waals surface area (Å²) in [5, 5.41) is 6.59. The fourth-order valence-electron chi connectivity index (χ4n) is 1.68. The van der Waals surface area contributed by atoms with Gasteiger partial charge in [0, 0.05) is 17.8 Å². The number of imidazole rings is 1. The lowest BCUT2D eigenvalue weighted by Gasteiger charge is -2.06. The second kappa shape index (κ2) is 5.93. The average Bonchev–Trinajstić information content (AvgIpc) is 2.90. The molecule has 92 valence electrons. The molecule has 0 aliphatic carbocycles. The normalized spacial score (nSPS) is 10.9. The van der Waals surface area contributed by atoms with Crippen LogP contribution >= 0.6 is 11.3 Å². The van der Waals surface area contributed by atoms with E-state index in [0.717, 1.165) is 42.6 Å². The van der Waals surface area contributed by atoms with Crippen LogP contribution in [0.25, 0.3) is 0 Å². The van der Waals surface area contributed by atoms with Gasteiger partial charge in [0.2, 0.25) is 0 Å². The Bertz CT molecular complexity index is 461. The Balaban J connectivity index is 1.98. The Hall–Kier alpha value is -1.20. The summed E-state index contributed by atoms with van der Waals surface area (Å²) in [4.78, 5) is 8.84. The molecule has 0 spiro atoms. The van der Waals surface area contributed by atoms with E-state index in [1.807, 2.05) is 19.3 Å². The van der Waals surface area contributed by atoms with Gasteiger partial charge in [-0.2, -0.15) is 0 Å². The standard InChI is InChI=1S/C12H18N4S/c1-3-4-13-7-12-14-5-6-16(12)8-11-9-17-10(2)15-11/h5-6,9,13H,3-4,7-8H2,1-2H3. The van der Waals surface area contributed by atoms with Crippen LogP contribution in [0, 0.1) is 6.92 Å². The van der Waals surface area contributed by atoms with E-state index < -0.39 is 0 Å². The Labute approximate surface area is 106 Å². The fraction of sp³-hybridized carbons (Fsp3) is 0.500. The Morgan fingerprint density at radius 3 is 3.06 bits per heavy atom. The van der Waals surface area contributed by atoms with Crippen molar-refractivity contribution >= 4 is 11.3 Å². The van der Waals surface area contributed by atoms with Crippen LogP contribution < -0.4 is 5.32 Å². The van der Waals surface area contributed by atoms with Gasteiger partial charge >= 0.3 is 0 Å². The highest BCUT2D eigenvalue weighted by Gasteiger charge is 2.04. The summed E-state index contributed by atoms with van der Waals surface area (Å²) in [5.41, 5.74) is 1.11. The molecule has 5 heteroatoms. The molecule has 0 radical (unpaired) electrons. The number of aromatic nitrogens is 3. The Kier molecular flexibility index (Phi) is 4.28. The van der Waals surface area contributed by atoms with Gasteiger partial charge in [-0.1, -0.05) is 6.92 Å². The molecular weight excluding hydrogens is 232 g/mol. The van der Waals surface area contributed by atoms with Gasteiger partial charge in [-0.3, -0.25) is 0 Å². The maximum atomic E-state index is 4.47. The number of hydrogen-bond acceptors (Lipinski definition) is 4. The number of hydrogen-bond donors (Lipinski definition) is 1. The van der Waals surface area contributed by atoms with Crippen LogP contribution in [0.3, 0.4) is 0 Å². The molecule has 0 amide bonds. The molecule has 0 atom stereocenters. The second-order valence-corrected chi connectivity index (χ2v) is 5.07. The monoisotopic (exact) mass is 250 g/mol. The molecule has 2 aromatic rings. The third-order valence-corrected chi connectivity index (χ3v) is 3.33. The topological polar surface area (TPSA) is 42.7 Å². The van der Waals surface area contributed by atoms with Crippen molar-refractivity contribution in [2.75, 3.05) is 6.54 Å². The summed E-state index contributed by atoms with van der Waals surface area (Å²) in [6.07, 6.45) is 5.01. The number of nitrogens with zero attached hydrogens (tertiary/aromatic N) is 3. The summed E-state index contributed by atoms with van der Waals surface area (Å²) in [5.74, 6) is 1.07. The zero-order valence-electron chi connectivity index (χ0n) is 10.3. The van der Waals surface area contributed by atoms with Crippen LogP contribution in [-0.4, -0.2) is 21.1 Å². The van der Waals surface area contributed by atoms with E-state index >= 15 is 0 Å². The fourth-order valence-corrected chi connectivity index (χ4v) is 2.29. The van der Waals surface area contributed by atoms with Gasteiger partial charge in [0.1, 0.15) is 5.82 Å². The summed E-state index contributed by atoms with van der Waals surface area (Å²) in [6.45, 7) is 6.86. The number of rotatable bonds is 6. The highest BCUT2D eigenvalue weighted by molar-refractivity contribution is 7.09. The minimum atomic E-state index is 0.813. The highest BCUT2D eigenvalue weighted by Crippen LogP contribution is 2.10. The lowest BCUT2D eigenvalue weighted by atomic mass is 10.4. The molecule has 1 N–H and O–H groups in total. The largest absolute Gasteiger partial charge is 0.328 e. The van der Waals surface area contributed by atoms with E-state index in [0.29, 0.717) is 0 Å². The highest BCUT2D eigenvalue weighted by atomic mass is 32.1. The van der Waals surface area contributed by atoms with E-state index in [2.05, 4.69) is 32.2 Å². The second-order valence-electron chi connectivity index (χ2n) is 4.01. The maximum absolute atomic E-state index is 4.47. The van der Waals surface area contributed by atoms with Crippen LogP contribution in [-0.2, 0) is 13.1 Å². The predicted octanol–water partition coefficient (Wildman–Crippen LogP) is 2.20. The quantitative estimate of drug-likeness (QED) is 0.799. The molecule has 2 heterocycles. The van der Waals surface area contributed by atoms with Crippen molar-refractivity contribution in [3.8, 4) is 0 Å². The first-order chi connectivity index (χ1) is 8.29. The molecule has 17 heavy (non-hydrogen) atoms. The molecule has 0 aliphatic rings. The molecule has 0 aliphatic heterocycles. The Morgan fingerprint density at radius 2 is 2.35 bits per heavy atom. The SMILES string of the molecule is CCCNCc1nccn1Cc1csc(C)n1. The lowest BCUT2D eigenvalue weighted by molar-refractivity contribution is 0.613. The summed E-state index contributed by atoms with van der Waals surface area (Å²) in [6, 6.07) is 0. The summed E-state index contributed by atoms with van der Waals surface area (Å²) >= 11 is 1.69. The number of nitrogens with one attached hydrogen (secondary N) is 1. The summed E-state index contributed by atoms with van der Waals surface area (Å²) < 4.78 is 2.15. The van der Waals surface area contributed by atoms with Crippen molar-refractivity contribution in [2.45, 2.75) is 33.4 Å². The maximum Gasteiger partial charge on any atom is 0.123 e. The minimum absolute atomic E-state index is 0.813. The van der Waals surface area contributed by atoms with E-state index in [-0.39, 0.29) is 0 Å². The molecule has 2 rings (SSSR count). The molecule has 0 bridgehead atoms. The van der Waals surface area contributed by atoms with Crippen LogP contribution in [0.4, 0.5) is 0 Å². The van der Waals surface area contributed by atoms with Crippen molar-refractivity contribution in [1.82, 2.24) is 19.9 Å². The van der Waals surface area contributed by atoms with Crippen LogP contribution in [0.5, 0.6) is 0 Å². The zero-order chi connectivity index (χ0) is 12.1. The Morgan fingerprint density at radius 1 is 1.47 bits per heavy atom. The van der Waals surface area contributed by atoms with Crippen molar-refractivity contribution in [1.29, 1.82) is 0 Å². The third-order valence-electron chi connectivity index (χ3n) is 2.51. The third kappa shape index (κ3) is 3.38. The van der Waals surface area contributed by atoms with Gasteiger partial charge < -0.3 is 9.88 Å². The van der Waals surface area contributed by atoms with Crippen molar-refractivity contribution in [3.05, 3.63) is 34.3 Å². The van der Waals surface area contributed by atoms with Crippen molar-refractivity contribution in [3.63, 3.8) is 0 Å². The van der Waals surface area contributed by atoms with Crippen LogP contribution in [0.15, 0.2) is 17.8 Å². The zero-order valence-corrected chi connectivity index (χ0v) is 11.1. The van der Waals surface area contributed by atoms with Crippen molar-refractivity contribution < 1.29 is 0 Å². The lowest BCUT2D eigenvalue weighted by Crippen LogP contribution is -2.18. The van der Waals surface area contributed by atoms with Gasteiger partial charge in [0.15, 0.2) is 0 Å². The minimum Gasteiger partial charge on any atom is -0.328 e.